The molecule has 1 aromatic rings. The van der Waals surface area contributed by atoms with Crippen molar-refractivity contribution in [3.05, 3.63) is 28.8 Å². The summed E-state index contributed by atoms with van der Waals surface area (Å²) in [6.07, 6.45) is 3.97. The Bertz CT molecular complexity index is 521. The summed E-state index contributed by atoms with van der Waals surface area (Å²) >= 11 is 5.94. The van der Waals surface area contributed by atoms with Crippen LogP contribution in [0.5, 0.6) is 0 Å². The molecule has 1 aliphatic rings. The van der Waals surface area contributed by atoms with Crippen LogP contribution in [0.25, 0.3) is 0 Å². The van der Waals surface area contributed by atoms with E-state index in [0.717, 1.165) is 31.1 Å². The third-order valence-electron chi connectivity index (χ3n) is 2.84. The highest BCUT2D eigenvalue weighted by atomic mass is 35.5. The average Bonchev–Trinajstić information content (AvgIpc) is 2.80. The van der Waals surface area contributed by atoms with Gasteiger partial charge in [-0.3, -0.25) is 0 Å². The molecule has 1 aliphatic carbocycles. The van der Waals surface area contributed by atoms with Crippen molar-refractivity contribution in [2.24, 2.45) is 5.73 Å². The van der Waals surface area contributed by atoms with Gasteiger partial charge < -0.3 is 5.73 Å². The van der Waals surface area contributed by atoms with Crippen LogP contribution in [0.3, 0.4) is 0 Å². The Balaban J connectivity index is 2.29. The maximum absolute atomic E-state index is 11.4. The molecule has 88 valence electrons. The molecule has 0 radical (unpaired) electrons. The molecule has 1 fully saturated rings. The van der Waals surface area contributed by atoms with E-state index < -0.39 is 9.84 Å². The molecule has 1 saturated carbocycles. The van der Waals surface area contributed by atoms with E-state index in [1.165, 1.54) is 0 Å². The van der Waals surface area contributed by atoms with Crippen molar-refractivity contribution >= 4 is 21.4 Å². The Morgan fingerprint density at radius 3 is 2.50 bits per heavy atom. The van der Waals surface area contributed by atoms with Crippen molar-refractivity contribution in [2.75, 3.05) is 6.26 Å². The van der Waals surface area contributed by atoms with Crippen LogP contribution in [-0.2, 0) is 16.3 Å². The molecule has 0 amide bonds. The Kier molecular flexibility index (Phi) is 2.77. The normalized spacial score (nSPS) is 18.4. The summed E-state index contributed by atoms with van der Waals surface area (Å²) in [5.74, 6) is 0. The second-order valence-electron chi connectivity index (χ2n) is 4.58. The van der Waals surface area contributed by atoms with Crippen molar-refractivity contribution in [1.29, 1.82) is 0 Å². The van der Waals surface area contributed by atoms with E-state index >= 15 is 0 Å². The quantitative estimate of drug-likeness (QED) is 0.900. The zero-order chi connectivity index (χ0) is 12.0. The zero-order valence-corrected chi connectivity index (χ0v) is 10.6. The van der Waals surface area contributed by atoms with Gasteiger partial charge >= 0.3 is 0 Å². The highest BCUT2D eigenvalue weighted by Crippen LogP contribution is 2.36. The van der Waals surface area contributed by atoms with Crippen molar-refractivity contribution in [3.8, 4) is 0 Å². The Morgan fingerprint density at radius 1 is 1.44 bits per heavy atom. The number of hydrogen-bond donors (Lipinski definition) is 1. The monoisotopic (exact) mass is 259 g/mol. The molecule has 3 nitrogen and oxygen atoms in total. The van der Waals surface area contributed by atoms with Gasteiger partial charge in [0.05, 0.1) is 9.92 Å². The van der Waals surface area contributed by atoms with Crippen LogP contribution in [0.2, 0.25) is 5.02 Å². The van der Waals surface area contributed by atoms with Gasteiger partial charge in [-0.15, -0.1) is 0 Å². The number of sulfone groups is 1. The smallest absolute Gasteiger partial charge is 0.176 e. The first-order valence-corrected chi connectivity index (χ1v) is 7.34. The SMILES string of the molecule is CS(=O)(=O)c1ccc(CC2(N)CC2)cc1Cl. The van der Waals surface area contributed by atoms with Gasteiger partial charge in [0.25, 0.3) is 0 Å². The lowest BCUT2D eigenvalue weighted by molar-refractivity contribution is 0.602. The largest absolute Gasteiger partial charge is 0.325 e. The van der Waals surface area contributed by atoms with E-state index in [4.69, 9.17) is 17.3 Å². The maximum atomic E-state index is 11.4. The molecule has 0 aliphatic heterocycles. The van der Waals surface area contributed by atoms with E-state index in [9.17, 15) is 8.42 Å². The summed E-state index contributed by atoms with van der Waals surface area (Å²) in [7, 11) is -3.24. The lowest BCUT2D eigenvalue weighted by atomic mass is 10.1. The number of hydrogen-bond acceptors (Lipinski definition) is 3. The van der Waals surface area contributed by atoms with Crippen LogP contribution in [0, 0.1) is 0 Å². The molecule has 0 atom stereocenters. The predicted octanol–water partition coefficient (Wildman–Crippen LogP) is 1.78. The number of nitrogens with two attached hydrogens (primary N) is 1. The second-order valence-corrected chi connectivity index (χ2v) is 6.97. The number of rotatable bonds is 3. The summed E-state index contributed by atoms with van der Waals surface area (Å²) in [6.45, 7) is 0. The summed E-state index contributed by atoms with van der Waals surface area (Å²) in [4.78, 5) is 0.180. The van der Waals surface area contributed by atoms with Crippen molar-refractivity contribution in [3.63, 3.8) is 0 Å². The van der Waals surface area contributed by atoms with E-state index in [0.29, 0.717) is 0 Å². The summed E-state index contributed by atoms with van der Waals surface area (Å²) in [5, 5.41) is 0.282. The fourth-order valence-corrected chi connectivity index (χ4v) is 3.05. The molecule has 0 heterocycles. The maximum Gasteiger partial charge on any atom is 0.176 e. The average molecular weight is 260 g/mol. The Labute approximate surface area is 101 Å². The molecular formula is C11H14ClNO2S. The first kappa shape index (κ1) is 11.9. The molecule has 0 bridgehead atoms. The molecule has 0 unspecified atom stereocenters. The molecule has 1 aromatic carbocycles. The highest BCUT2D eigenvalue weighted by Gasteiger charge is 2.38. The molecular weight excluding hydrogens is 246 g/mol. The van der Waals surface area contributed by atoms with Crippen molar-refractivity contribution < 1.29 is 8.42 Å². The minimum Gasteiger partial charge on any atom is -0.325 e. The van der Waals surface area contributed by atoms with Crippen molar-refractivity contribution in [2.45, 2.75) is 29.7 Å². The summed E-state index contributed by atoms with van der Waals surface area (Å²) in [5.41, 5.74) is 6.90. The first-order valence-electron chi connectivity index (χ1n) is 5.08. The fraction of sp³-hybridized carbons (Fsp3) is 0.455. The lowest BCUT2D eigenvalue weighted by Crippen LogP contribution is -2.24. The molecule has 5 heteroatoms. The fourth-order valence-electron chi connectivity index (χ4n) is 1.70. The van der Waals surface area contributed by atoms with Gasteiger partial charge in [0.15, 0.2) is 9.84 Å². The minimum absolute atomic E-state index is 0.0874. The summed E-state index contributed by atoms with van der Waals surface area (Å²) < 4.78 is 22.7. The highest BCUT2D eigenvalue weighted by molar-refractivity contribution is 7.90. The van der Waals surface area contributed by atoms with Crippen LogP contribution < -0.4 is 5.73 Å². The molecule has 2 rings (SSSR count). The van der Waals surface area contributed by atoms with E-state index in [1.54, 1.807) is 18.2 Å². The molecule has 0 saturated heterocycles. The van der Waals surface area contributed by atoms with Crippen LogP contribution in [0.1, 0.15) is 18.4 Å². The molecule has 16 heavy (non-hydrogen) atoms. The summed E-state index contributed by atoms with van der Waals surface area (Å²) in [6, 6.07) is 5.04. The van der Waals surface area contributed by atoms with Gasteiger partial charge in [-0.05, 0) is 37.0 Å². The van der Waals surface area contributed by atoms with Crippen LogP contribution in [0.4, 0.5) is 0 Å². The standard InChI is InChI=1S/C11H14ClNO2S/c1-16(14,15)10-3-2-8(6-9(10)12)7-11(13)4-5-11/h2-3,6H,4-5,7,13H2,1H3. The van der Waals surface area contributed by atoms with Crippen molar-refractivity contribution in [1.82, 2.24) is 0 Å². The lowest BCUT2D eigenvalue weighted by Gasteiger charge is -2.10. The zero-order valence-electron chi connectivity index (χ0n) is 9.03. The van der Waals surface area contributed by atoms with E-state index in [1.807, 2.05) is 0 Å². The van der Waals surface area contributed by atoms with Gasteiger partial charge in [0.1, 0.15) is 0 Å². The first-order chi connectivity index (χ1) is 7.30. The number of benzene rings is 1. The third-order valence-corrected chi connectivity index (χ3v) is 4.42. The molecule has 0 aromatic heterocycles. The topological polar surface area (TPSA) is 60.2 Å². The van der Waals surface area contributed by atoms with Gasteiger partial charge in [0.2, 0.25) is 0 Å². The molecule has 0 spiro atoms. The Morgan fingerprint density at radius 2 is 2.06 bits per heavy atom. The van der Waals surface area contributed by atoms with Gasteiger partial charge in [0, 0.05) is 11.8 Å². The van der Waals surface area contributed by atoms with Crippen LogP contribution in [0.15, 0.2) is 23.1 Å². The van der Waals surface area contributed by atoms with E-state index in [2.05, 4.69) is 0 Å². The van der Waals surface area contributed by atoms with E-state index in [-0.39, 0.29) is 15.5 Å². The number of halogens is 1. The second kappa shape index (κ2) is 3.72. The van der Waals surface area contributed by atoms with Gasteiger partial charge in [-0.2, -0.15) is 0 Å². The Hall–Kier alpha value is -0.580. The minimum atomic E-state index is -3.24. The predicted molar refractivity (Wildman–Crippen MR) is 64.4 cm³/mol. The van der Waals surface area contributed by atoms with Gasteiger partial charge in [-0.25, -0.2) is 8.42 Å². The van der Waals surface area contributed by atoms with Gasteiger partial charge in [-0.1, -0.05) is 17.7 Å². The van der Waals surface area contributed by atoms with Crippen LogP contribution >= 0.6 is 11.6 Å². The third kappa shape index (κ3) is 2.56. The molecule has 2 N–H and O–H groups in total. The van der Waals surface area contributed by atoms with Crippen LogP contribution in [-0.4, -0.2) is 20.2 Å².